The molecule has 1 aliphatic rings. The first-order chi connectivity index (χ1) is 12.0. The SMILES string of the molecule is Cc1nc(C)n(CC2CCCN(C(=O)NC(C)Cc3cccs3)C2)n1. The van der Waals surface area contributed by atoms with Crippen LogP contribution in [0.4, 0.5) is 4.79 Å². The molecule has 1 fully saturated rings. The van der Waals surface area contributed by atoms with Crippen LogP contribution in [0.2, 0.25) is 0 Å². The minimum Gasteiger partial charge on any atom is -0.335 e. The second-order valence-corrected chi connectivity index (χ2v) is 8.01. The average molecular weight is 362 g/mol. The van der Waals surface area contributed by atoms with Crippen molar-refractivity contribution in [3.8, 4) is 0 Å². The summed E-state index contributed by atoms with van der Waals surface area (Å²) in [4.78, 5) is 20.2. The van der Waals surface area contributed by atoms with Crippen molar-refractivity contribution >= 4 is 17.4 Å². The van der Waals surface area contributed by atoms with Crippen LogP contribution in [0.5, 0.6) is 0 Å². The minimum atomic E-state index is 0.0558. The van der Waals surface area contributed by atoms with E-state index in [2.05, 4.69) is 39.8 Å². The lowest BCUT2D eigenvalue weighted by Crippen LogP contribution is -2.49. The van der Waals surface area contributed by atoms with Crippen LogP contribution < -0.4 is 5.32 Å². The number of urea groups is 1. The largest absolute Gasteiger partial charge is 0.335 e. The van der Waals surface area contributed by atoms with Crippen LogP contribution in [-0.2, 0) is 13.0 Å². The van der Waals surface area contributed by atoms with E-state index >= 15 is 0 Å². The van der Waals surface area contributed by atoms with Crippen LogP contribution in [-0.4, -0.2) is 44.8 Å². The molecule has 2 unspecified atom stereocenters. The van der Waals surface area contributed by atoms with E-state index in [1.807, 2.05) is 23.4 Å². The Morgan fingerprint density at radius 1 is 1.48 bits per heavy atom. The van der Waals surface area contributed by atoms with Crippen molar-refractivity contribution in [1.29, 1.82) is 0 Å². The smallest absolute Gasteiger partial charge is 0.317 e. The summed E-state index contributed by atoms with van der Waals surface area (Å²) in [5, 5.41) is 9.67. The van der Waals surface area contributed by atoms with Crippen molar-refractivity contribution < 1.29 is 4.79 Å². The van der Waals surface area contributed by atoms with Gasteiger partial charge in [0.1, 0.15) is 11.6 Å². The molecular weight excluding hydrogens is 334 g/mol. The number of hydrogen-bond acceptors (Lipinski definition) is 4. The number of aromatic nitrogens is 3. The lowest BCUT2D eigenvalue weighted by Gasteiger charge is -2.33. The predicted octanol–water partition coefficient (Wildman–Crippen LogP) is 3.01. The maximum absolute atomic E-state index is 12.6. The lowest BCUT2D eigenvalue weighted by molar-refractivity contribution is 0.155. The molecule has 3 rings (SSSR count). The Labute approximate surface area is 153 Å². The van der Waals surface area contributed by atoms with E-state index in [9.17, 15) is 4.79 Å². The van der Waals surface area contributed by atoms with Crippen LogP contribution >= 0.6 is 11.3 Å². The van der Waals surface area contributed by atoms with Gasteiger partial charge in [-0.2, -0.15) is 5.10 Å². The fourth-order valence-electron chi connectivity index (χ4n) is 3.46. The van der Waals surface area contributed by atoms with Gasteiger partial charge in [0.25, 0.3) is 0 Å². The van der Waals surface area contributed by atoms with Gasteiger partial charge < -0.3 is 10.2 Å². The minimum absolute atomic E-state index is 0.0558. The van der Waals surface area contributed by atoms with E-state index in [1.165, 1.54) is 4.88 Å². The molecule has 6 nitrogen and oxygen atoms in total. The first-order valence-corrected chi connectivity index (χ1v) is 9.85. The Morgan fingerprint density at radius 2 is 2.32 bits per heavy atom. The molecule has 1 saturated heterocycles. The Bertz CT molecular complexity index is 696. The van der Waals surface area contributed by atoms with Gasteiger partial charge in [0, 0.05) is 37.0 Å². The molecule has 7 heteroatoms. The van der Waals surface area contributed by atoms with Crippen LogP contribution in [0.15, 0.2) is 17.5 Å². The molecule has 136 valence electrons. The zero-order valence-electron chi connectivity index (χ0n) is 15.2. The molecule has 1 aliphatic heterocycles. The Kier molecular flexibility index (Phi) is 5.73. The number of piperidine rings is 1. The number of thiophene rings is 1. The fourth-order valence-corrected chi connectivity index (χ4v) is 4.30. The second-order valence-electron chi connectivity index (χ2n) is 6.98. The molecule has 0 aliphatic carbocycles. The quantitative estimate of drug-likeness (QED) is 0.890. The van der Waals surface area contributed by atoms with Gasteiger partial charge in [-0.1, -0.05) is 6.07 Å². The molecule has 0 radical (unpaired) electrons. The van der Waals surface area contributed by atoms with Crippen molar-refractivity contribution in [3.05, 3.63) is 34.0 Å². The predicted molar refractivity (Wildman–Crippen MR) is 99.8 cm³/mol. The van der Waals surface area contributed by atoms with Crippen molar-refractivity contribution in [2.75, 3.05) is 13.1 Å². The summed E-state index contributed by atoms with van der Waals surface area (Å²) < 4.78 is 1.97. The van der Waals surface area contributed by atoms with E-state index < -0.39 is 0 Å². The molecule has 25 heavy (non-hydrogen) atoms. The highest BCUT2D eigenvalue weighted by molar-refractivity contribution is 7.09. The third-order valence-corrected chi connectivity index (χ3v) is 5.56. The Morgan fingerprint density at radius 3 is 3.00 bits per heavy atom. The van der Waals surface area contributed by atoms with Gasteiger partial charge in [-0.25, -0.2) is 14.5 Å². The first-order valence-electron chi connectivity index (χ1n) is 8.97. The maximum atomic E-state index is 12.6. The summed E-state index contributed by atoms with van der Waals surface area (Å²) in [6.45, 7) is 8.43. The standard InChI is InChI=1S/C18H27N5OS/c1-13(10-17-7-5-9-25-17)19-18(24)22-8-4-6-16(11-22)12-23-15(3)20-14(2)21-23/h5,7,9,13,16H,4,6,8,10-12H2,1-3H3,(H,19,24). The highest BCUT2D eigenvalue weighted by Crippen LogP contribution is 2.19. The molecule has 0 saturated carbocycles. The third kappa shape index (κ3) is 4.81. The summed E-state index contributed by atoms with van der Waals surface area (Å²) in [6, 6.07) is 4.37. The van der Waals surface area contributed by atoms with E-state index in [0.29, 0.717) is 5.92 Å². The van der Waals surface area contributed by atoms with Gasteiger partial charge in [-0.3, -0.25) is 0 Å². The van der Waals surface area contributed by atoms with Crippen LogP contribution in [0.25, 0.3) is 0 Å². The molecule has 3 heterocycles. The van der Waals surface area contributed by atoms with Crippen molar-refractivity contribution in [2.45, 2.75) is 52.6 Å². The molecule has 2 aromatic rings. The van der Waals surface area contributed by atoms with Crippen molar-refractivity contribution in [2.24, 2.45) is 5.92 Å². The summed E-state index contributed by atoms with van der Waals surface area (Å²) in [5.74, 6) is 2.20. The summed E-state index contributed by atoms with van der Waals surface area (Å²) >= 11 is 1.74. The number of carbonyl (C=O) groups is 1. The van der Waals surface area contributed by atoms with E-state index in [1.54, 1.807) is 11.3 Å². The number of nitrogens with one attached hydrogen (secondary N) is 1. The summed E-state index contributed by atoms with van der Waals surface area (Å²) in [5.41, 5.74) is 0. The monoisotopic (exact) mass is 361 g/mol. The Hall–Kier alpha value is -1.89. The molecule has 2 aromatic heterocycles. The van der Waals surface area contributed by atoms with E-state index in [-0.39, 0.29) is 12.1 Å². The van der Waals surface area contributed by atoms with E-state index in [0.717, 1.165) is 50.5 Å². The molecule has 0 spiro atoms. The van der Waals surface area contributed by atoms with Crippen LogP contribution in [0.1, 0.15) is 36.3 Å². The maximum Gasteiger partial charge on any atom is 0.317 e. The second kappa shape index (κ2) is 7.99. The molecular formula is C18H27N5OS. The average Bonchev–Trinajstić information content (AvgIpc) is 3.17. The zero-order chi connectivity index (χ0) is 17.8. The zero-order valence-corrected chi connectivity index (χ0v) is 16.1. The number of carbonyl (C=O) groups excluding carboxylic acids is 1. The summed E-state index contributed by atoms with van der Waals surface area (Å²) in [6.07, 6.45) is 3.06. The van der Waals surface area contributed by atoms with Crippen LogP contribution in [0, 0.1) is 19.8 Å². The third-order valence-electron chi connectivity index (χ3n) is 4.66. The number of likely N-dealkylation sites (tertiary alicyclic amines) is 1. The van der Waals surface area contributed by atoms with Gasteiger partial charge in [-0.05, 0) is 51.0 Å². The highest BCUT2D eigenvalue weighted by atomic mass is 32.1. The summed E-state index contributed by atoms with van der Waals surface area (Å²) in [7, 11) is 0. The Balaban J connectivity index is 1.51. The number of amides is 2. The number of aryl methyl sites for hydroxylation is 2. The molecule has 0 bridgehead atoms. The van der Waals surface area contributed by atoms with Gasteiger partial charge in [-0.15, -0.1) is 11.3 Å². The number of rotatable bonds is 5. The topological polar surface area (TPSA) is 63.1 Å². The van der Waals surface area contributed by atoms with E-state index in [4.69, 9.17) is 0 Å². The lowest BCUT2D eigenvalue weighted by atomic mass is 9.98. The first kappa shape index (κ1) is 17.9. The fraction of sp³-hybridized carbons (Fsp3) is 0.611. The highest BCUT2D eigenvalue weighted by Gasteiger charge is 2.25. The van der Waals surface area contributed by atoms with Crippen molar-refractivity contribution in [3.63, 3.8) is 0 Å². The number of hydrogen-bond donors (Lipinski definition) is 1. The normalized spacial score (nSPS) is 19.0. The van der Waals surface area contributed by atoms with Gasteiger partial charge >= 0.3 is 6.03 Å². The van der Waals surface area contributed by atoms with Gasteiger partial charge in [0.15, 0.2) is 0 Å². The van der Waals surface area contributed by atoms with Crippen molar-refractivity contribution in [1.82, 2.24) is 25.0 Å². The van der Waals surface area contributed by atoms with Gasteiger partial charge in [0.05, 0.1) is 0 Å². The van der Waals surface area contributed by atoms with Crippen LogP contribution in [0.3, 0.4) is 0 Å². The molecule has 2 atom stereocenters. The molecule has 1 N–H and O–H groups in total. The van der Waals surface area contributed by atoms with Gasteiger partial charge in [0.2, 0.25) is 0 Å². The molecule has 0 aromatic carbocycles. The number of nitrogens with zero attached hydrogens (tertiary/aromatic N) is 4. The molecule has 2 amide bonds.